The number of hydrogen-bond acceptors (Lipinski definition) is 2. The van der Waals surface area contributed by atoms with Gasteiger partial charge in [-0.2, -0.15) is 0 Å². The Bertz CT molecular complexity index is 565. The molecule has 0 saturated heterocycles. The van der Waals surface area contributed by atoms with Gasteiger partial charge in [-0.15, -0.1) is 0 Å². The zero-order chi connectivity index (χ0) is 14.5. The van der Waals surface area contributed by atoms with Gasteiger partial charge in [0, 0.05) is 14.5 Å². The van der Waals surface area contributed by atoms with E-state index in [1.807, 2.05) is 18.2 Å². The summed E-state index contributed by atoms with van der Waals surface area (Å²) in [4.78, 5) is 0. The van der Waals surface area contributed by atoms with Gasteiger partial charge < -0.3 is 9.73 Å². The molecule has 4 heteroatoms. The van der Waals surface area contributed by atoms with Crippen LogP contribution in [0.15, 0.2) is 43.7 Å². The van der Waals surface area contributed by atoms with Gasteiger partial charge in [-0.3, -0.25) is 0 Å². The monoisotopic (exact) mass is 399 g/mol. The Hall–Kier alpha value is -0.580. The molecule has 0 aliphatic carbocycles. The van der Waals surface area contributed by atoms with Crippen molar-refractivity contribution in [1.29, 1.82) is 0 Å². The smallest absolute Gasteiger partial charge is 0.135 e. The van der Waals surface area contributed by atoms with Gasteiger partial charge in [0.05, 0.1) is 6.04 Å². The third-order valence-corrected chi connectivity index (χ3v) is 4.40. The number of hydrogen-bond donors (Lipinski definition) is 1. The van der Waals surface area contributed by atoms with Crippen LogP contribution in [-0.4, -0.2) is 6.54 Å². The van der Waals surface area contributed by atoms with Crippen molar-refractivity contribution in [3.8, 4) is 11.3 Å². The highest BCUT2D eigenvalue weighted by atomic mass is 79.9. The zero-order valence-corrected chi connectivity index (χ0v) is 14.9. The molecule has 1 N–H and O–H groups in total. The second kappa shape index (κ2) is 7.43. The van der Waals surface area contributed by atoms with E-state index >= 15 is 0 Å². The van der Waals surface area contributed by atoms with Crippen LogP contribution in [0.3, 0.4) is 0 Å². The first-order valence-corrected chi connectivity index (χ1v) is 8.52. The Kier molecular flexibility index (Phi) is 5.87. The fourth-order valence-electron chi connectivity index (χ4n) is 2.14. The number of furan rings is 1. The molecule has 20 heavy (non-hydrogen) atoms. The van der Waals surface area contributed by atoms with Crippen LogP contribution in [0.4, 0.5) is 0 Å². The summed E-state index contributed by atoms with van der Waals surface area (Å²) in [6.07, 6.45) is 2.15. The molecule has 1 aromatic carbocycles. The lowest BCUT2D eigenvalue weighted by molar-refractivity contribution is 0.411. The summed E-state index contributed by atoms with van der Waals surface area (Å²) in [5.74, 6) is 1.90. The molecule has 0 radical (unpaired) electrons. The molecular formula is C16H19Br2NO. The van der Waals surface area contributed by atoms with Crippen LogP contribution in [-0.2, 0) is 0 Å². The predicted molar refractivity (Wildman–Crippen MR) is 90.9 cm³/mol. The van der Waals surface area contributed by atoms with Crippen molar-refractivity contribution in [3.05, 3.63) is 45.0 Å². The maximum Gasteiger partial charge on any atom is 0.135 e. The maximum absolute atomic E-state index is 6.04. The van der Waals surface area contributed by atoms with Gasteiger partial charge in [0.2, 0.25) is 0 Å². The fourth-order valence-corrected chi connectivity index (χ4v) is 2.94. The lowest BCUT2D eigenvalue weighted by Gasteiger charge is -2.13. The Morgan fingerprint density at radius 3 is 2.65 bits per heavy atom. The largest absolute Gasteiger partial charge is 0.459 e. The van der Waals surface area contributed by atoms with E-state index in [1.165, 1.54) is 0 Å². The molecule has 2 nitrogen and oxygen atoms in total. The third kappa shape index (κ3) is 3.74. The van der Waals surface area contributed by atoms with E-state index in [1.54, 1.807) is 0 Å². The van der Waals surface area contributed by atoms with Crippen molar-refractivity contribution in [3.63, 3.8) is 0 Å². The molecule has 0 fully saturated rings. The minimum absolute atomic E-state index is 0.287. The molecule has 108 valence electrons. The van der Waals surface area contributed by atoms with E-state index in [0.29, 0.717) is 0 Å². The number of benzene rings is 1. The lowest BCUT2D eigenvalue weighted by atomic mass is 10.1. The second-order valence-electron chi connectivity index (χ2n) is 4.74. The molecule has 0 aliphatic heterocycles. The minimum Gasteiger partial charge on any atom is -0.459 e. The first kappa shape index (κ1) is 15.8. The van der Waals surface area contributed by atoms with Crippen molar-refractivity contribution < 1.29 is 4.42 Å². The van der Waals surface area contributed by atoms with Crippen molar-refractivity contribution in [2.75, 3.05) is 6.54 Å². The minimum atomic E-state index is 0.287. The van der Waals surface area contributed by atoms with E-state index in [9.17, 15) is 0 Å². The van der Waals surface area contributed by atoms with Crippen molar-refractivity contribution in [2.45, 2.75) is 32.7 Å². The molecule has 0 saturated carbocycles. The molecule has 2 aromatic rings. The molecule has 1 unspecified atom stereocenters. The summed E-state index contributed by atoms with van der Waals surface area (Å²) in [5, 5.41) is 3.51. The van der Waals surface area contributed by atoms with Gasteiger partial charge in [-0.25, -0.2) is 0 Å². The topological polar surface area (TPSA) is 25.2 Å². The summed E-state index contributed by atoms with van der Waals surface area (Å²) in [7, 11) is 0. The summed E-state index contributed by atoms with van der Waals surface area (Å²) in [5.41, 5.74) is 1.07. The van der Waals surface area contributed by atoms with E-state index in [0.717, 1.165) is 45.4 Å². The molecule has 1 atom stereocenters. The highest BCUT2D eigenvalue weighted by molar-refractivity contribution is 9.11. The van der Waals surface area contributed by atoms with Gasteiger partial charge >= 0.3 is 0 Å². The van der Waals surface area contributed by atoms with E-state index in [4.69, 9.17) is 4.42 Å². The Balaban J connectivity index is 2.25. The van der Waals surface area contributed by atoms with Crippen LogP contribution >= 0.6 is 31.9 Å². The van der Waals surface area contributed by atoms with Gasteiger partial charge in [0.1, 0.15) is 11.5 Å². The Labute approximate surface area is 137 Å². The van der Waals surface area contributed by atoms with Gasteiger partial charge in [0.15, 0.2) is 0 Å². The standard InChI is InChI=1S/C16H19Br2NO/c1-3-9-19-14(4-2)16-8-7-15(20-16)12-10-11(17)5-6-13(12)18/h5-8,10,14,19H,3-4,9H2,1-2H3. The summed E-state index contributed by atoms with van der Waals surface area (Å²) < 4.78 is 8.13. The number of nitrogens with one attached hydrogen (secondary N) is 1. The SMILES string of the molecule is CCCNC(CC)c1ccc(-c2cc(Br)ccc2Br)o1. The Morgan fingerprint density at radius 1 is 1.15 bits per heavy atom. The first-order valence-electron chi connectivity index (χ1n) is 6.94. The molecule has 0 bridgehead atoms. The van der Waals surface area contributed by atoms with Crippen LogP contribution in [0, 0.1) is 0 Å². The van der Waals surface area contributed by atoms with Gasteiger partial charge in [-0.05, 0) is 49.7 Å². The van der Waals surface area contributed by atoms with Crippen LogP contribution in [0.5, 0.6) is 0 Å². The third-order valence-electron chi connectivity index (χ3n) is 3.21. The normalized spacial score (nSPS) is 12.6. The van der Waals surface area contributed by atoms with Crippen LogP contribution < -0.4 is 5.32 Å². The molecule has 1 heterocycles. The van der Waals surface area contributed by atoms with E-state index in [-0.39, 0.29) is 6.04 Å². The van der Waals surface area contributed by atoms with Crippen LogP contribution in [0.2, 0.25) is 0 Å². The summed E-state index contributed by atoms with van der Waals surface area (Å²) >= 11 is 7.08. The molecule has 0 aliphatic rings. The molecule has 0 amide bonds. The van der Waals surface area contributed by atoms with Crippen molar-refractivity contribution in [1.82, 2.24) is 5.32 Å². The van der Waals surface area contributed by atoms with Gasteiger partial charge in [-0.1, -0.05) is 45.7 Å². The molecule has 1 aromatic heterocycles. The predicted octanol–water partition coefficient (Wildman–Crippen LogP) is 5.92. The van der Waals surface area contributed by atoms with Crippen molar-refractivity contribution >= 4 is 31.9 Å². The number of rotatable bonds is 6. The maximum atomic E-state index is 6.04. The fraction of sp³-hybridized carbons (Fsp3) is 0.375. The summed E-state index contributed by atoms with van der Waals surface area (Å²) in [6, 6.07) is 10.5. The second-order valence-corrected chi connectivity index (χ2v) is 6.51. The van der Waals surface area contributed by atoms with Crippen LogP contribution in [0.25, 0.3) is 11.3 Å². The Morgan fingerprint density at radius 2 is 1.95 bits per heavy atom. The quantitative estimate of drug-likeness (QED) is 0.650. The van der Waals surface area contributed by atoms with Crippen molar-refractivity contribution in [2.24, 2.45) is 0 Å². The van der Waals surface area contributed by atoms with Gasteiger partial charge in [0.25, 0.3) is 0 Å². The molecule has 0 spiro atoms. The molecular weight excluding hydrogens is 382 g/mol. The number of halogens is 2. The average Bonchev–Trinajstić information content (AvgIpc) is 2.92. The molecule has 2 rings (SSSR count). The highest BCUT2D eigenvalue weighted by Gasteiger charge is 2.15. The highest BCUT2D eigenvalue weighted by Crippen LogP contribution is 2.33. The summed E-state index contributed by atoms with van der Waals surface area (Å²) in [6.45, 7) is 5.35. The van der Waals surface area contributed by atoms with Crippen LogP contribution in [0.1, 0.15) is 38.5 Å². The van der Waals surface area contributed by atoms with E-state index < -0.39 is 0 Å². The first-order chi connectivity index (χ1) is 9.65. The lowest BCUT2D eigenvalue weighted by Crippen LogP contribution is -2.20. The van der Waals surface area contributed by atoms with E-state index in [2.05, 4.69) is 63.2 Å². The zero-order valence-electron chi connectivity index (χ0n) is 11.7. The average molecular weight is 401 g/mol.